The molecule has 0 unspecified atom stereocenters. The number of esters is 1. The van der Waals surface area contributed by atoms with Crippen LogP contribution in [-0.4, -0.2) is 23.0 Å². The number of hydrogen-bond acceptors (Lipinski definition) is 4. The fourth-order valence-electron chi connectivity index (χ4n) is 0.661. The van der Waals surface area contributed by atoms with Crippen molar-refractivity contribution in [3.63, 3.8) is 0 Å². The Kier molecular flexibility index (Phi) is 2.68. The molecule has 5 heteroatoms. The van der Waals surface area contributed by atoms with Crippen molar-refractivity contribution in [2.45, 2.75) is 6.42 Å². The van der Waals surface area contributed by atoms with Crippen LogP contribution in [0.1, 0.15) is 5.82 Å². The van der Waals surface area contributed by atoms with E-state index in [1.54, 1.807) is 0 Å². The summed E-state index contributed by atoms with van der Waals surface area (Å²) in [4.78, 5) is 17.7. The van der Waals surface area contributed by atoms with Gasteiger partial charge in [0.05, 0.1) is 7.11 Å². The van der Waals surface area contributed by atoms with Gasteiger partial charge in [-0.3, -0.25) is 4.79 Å². The van der Waals surface area contributed by atoms with Crippen molar-refractivity contribution in [1.82, 2.24) is 9.97 Å². The number of rotatable bonds is 2. The molecule has 1 rings (SSSR count). The normalized spacial score (nSPS) is 9.50. The molecule has 0 atom stereocenters. The summed E-state index contributed by atoms with van der Waals surface area (Å²) in [5.74, 6) is -1.01. The fourth-order valence-corrected chi connectivity index (χ4v) is 0.661. The molecular weight excluding hydrogens is 163 g/mol. The average molecular weight is 170 g/mol. The Balaban J connectivity index is 2.69. The van der Waals surface area contributed by atoms with E-state index in [9.17, 15) is 9.18 Å². The summed E-state index contributed by atoms with van der Waals surface area (Å²) in [5.41, 5.74) is 0. The maximum absolute atomic E-state index is 12.4. The molecule has 0 spiro atoms. The van der Waals surface area contributed by atoms with E-state index >= 15 is 0 Å². The largest absolute Gasteiger partial charge is 0.469 e. The van der Waals surface area contributed by atoms with Gasteiger partial charge < -0.3 is 4.74 Å². The van der Waals surface area contributed by atoms with Gasteiger partial charge in [-0.25, -0.2) is 9.97 Å². The summed E-state index contributed by atoms with van der Waals surface area (Å²) in [6.45, 7) is 0. The summed E-state index contributed by atoms with van der Waals surface area (Å²) in [6, 6.07) is 1.11. The molecule has 0 bridgehead atoms. The van der Waals surface area contributed by atoms with Crippen molar-refractivity contribution in [3.05, 3.63) is 24.0 Å². The van der Waals surface area contributed by atoms with E-state index in [0.29, 0.717) is 0 Å². The Hall–Kier alpha value is -1.52. The molecule has 1 aromatic rings. The highest BCUT2D eigenvalue weighted by Gasteiger charge is 2.05. The first-order chi connectivity index (χ1) is 5.72. The van der Waals surface area contributed by atoms with E-state index in [1.807, 2.05) is 0 Å². The maximum Gasteiger partial charge on any atom is 0.313 e. The molecule has 1 heterocycles. The van der Waals surface area contributed by atoms with Crippen LogP contribution in [0.3, 0.4) is 0 Å². The lowest BCUT2D eigenvalue weighted by molar-refractivity contribution is -0.139. The van der Waals surface area contributed by atoms with Crippen LogP contribution in [0.25, 0.3) is 0 Å². The number of ether oxygens (including phenoxy) is 1. The van der Waals surface area contributed by atoms with Gasteiger partial charge in [-0.05, 0) is 0 Å². The van der Waals surface area contributed by atoms with E-state index in [1.165, 1.54) is 13.3 Å². The summed E-state index contributed by atoms with van der Waals surface area (Å²) >= 11 is 0. The van der Waals surface area contributed by atoms with Crippen molar-refractivity contribution in [3.8, 4) is 0 Å². The highest BCUT2D eigenvalue weighted by atomic mass is 19.1. The topological polar surface area (TPSA) is 52.1 Å². The number of aromatic nitrogens is 2. The summed E-state index contributed by atoms with van der Waals surface area (Å²) < 4.78 is 16.8. The zero-order valence-corrected chi connectivity index (χ0v) is 6.45. The summed E-state index contributed by atoms with van der Waals surface area (Å²) in [7, 11) is 1.25. The second-order valence-corrected chi connectivity index (χ2v) is 2.05. The van der Waals surface area contributed by atoms with Crippen LogP contribution < -0.4 is 0 Å². The first kappa shape index (κ1) is 8.58. The van der Waals surface area contributed by atoms with Gasteiger partial charge in [0.2, 0.25) is 5.95 Å². The zero-order valence-electron chi connectivity index (χ0n) is 6.45. The minimum atomic E-state index is -0.649. The molecule has 12 heavy (non-hydrogen) atoms. The van der Waals surface area contributed by atoms with Crippen molar-refractivity contribution >= 4 is 5.97 Å². The van der Waals surface area contributed by atoms with E-state index in [4.69, 9.17) is 0 Å². The highest BCUT2D eigenvalue weighted by molar-refractivity contribution is 5.71. The molecule has 0 fully saturated rings. The van der Waals surface area contributed by atoms with Gasteiger partial charge in [0.1, 0.15) is 12.2 Å². The van der Waals surface area contributed by atoms with Crippen LogP contribution in [0.5, 0.6) is 0 Å². The molecule has 0 saturated carbocycles. The summed E-state index contributed by atoms with van der Waals surface area (Å²) in [5, 5.41) is 0. The van der Waals surface area contributed by atoms with Crippen LogP contribution >= 0.6 is 0 Å². The Labute approximate surface area is 68.4 Å². The SMILES string of the molecule is COC(=O)Cc1nccc(F)n1. The highest BCUT2D eigenvalue weighted by Crippen LogP contribution is 1.94. The van der Waals surface area contributed by atoms with Gasteiger partial charge >= 0.3 is 5.97 Å². The lowest BCUT2D eigenvalue weighted by Crippen LogP contribution is -2.08. The average Bonchev–Trinajstić information content (AvgIpc) is 2.04. The van der Waals surface area contributed by atoms with Gasteiger partial charge in [0.15, 0.2) is 0 Å². The van der Waals surface area contributed by atoms with Crippen molar-refractivity contribution < 1.29 is 13.9 Å². The van der Waals surface area contributed by atoms with Crippen molar-refractivity contribution in [2.24, 2.45) is 0 Å². The predicted octanol–water partition coefficient (Wildman–Crippen LogP) is 0.331. The molecule has 0 N–H and O–H groups in total. The van der Waals surface area contributed by atoms with Crippen LogP contribution in [0.2, 0.25) is 0 Å². The van der Waals surface area contributed by atoms with E-state index in [-0.39, 0.29) is 12.2 Å². The van der Waals surface area contributed by atoms with Gasteiger partial charge in [0, 0.05) is 12.3 Å². The first-order valence-electron chi connectivity index (χ1n) is 3.26. The Morgan fingerprint density at radius 2 is 2.50 bits per heavy atom. The smallest absolute Gasteiger partial charge is 0.313 e. The molecule has 0 aliphatic rings. The lowest BCUT2D eigenvalue weighted by atomic mass is 10.4. The quantitative estimate of drug-likeness (QED) is 0.474. The number of carbonyl (C=O) groups excluding carboxylic acids is 1. The number of methoxy groups -OCH3 is 1. The molecule has 0 saturated heterocycles. The molecule has 4 nitrogen and oxygen atoms in total. The first-order valence-corrected chi connectivity index (χ1v) is 3.26. The van der Waals surface area contributed by atoms with Gasteiger partial charge in [-0.15, -0.1) is 0 Å². The zero-order chi connectivity index (χ0) is 8.97. The Morgan fingerprint density at radius 1 is 1.75 bits per heavy atom. The summed E-state index contributed by atoms with van der Waals surface area (Å²) in [6.07, 6.45) is 1.15. The molecular formula is C7H7FN2O2. The molecule has 0 aliphatic carbocycles. The molecule has 0 radical (unpaired) electrons. The predicted molar refractivity (Wildman–Crippen MR) is 37.7 cm³/mol. The van der Waals surface area contributed by atoms with E-state index in [0.717, 1.165) is 6.07 Å². The van der Waals surface area contributed by atoms with Crippen LogP contribution in [0, 0.1) is 5.95 Å². The van der Waals surface area contributed by atoms with E-state index < -0.39 is 11.9 Å². The minimum absolute atomic E-state index is 0.103. The number of carbonyl (C=O) groups is 1. The van der Waals surface area contributed by atoms with E-state index in [2.05, 4.69) is 14.7 Å². The maximum atomic E-state index is 12.4. The molecule has 0 aliphatic heterocycles. The number of hydrogen-bond donors (Lipinski definition) is 0. The van der Waals surface area contributed by atoms with Crippen LogP contribution in [0.4, 0.5) is 4.39 Å². The third-order valence-corrected chi connectivity index (χ3v) is 1.20. The standard InChI is InChI=1S/C7H7FN2O2/c1-12-7(11)4-6-9-3-2-5(8)10-6/h2-3H,4H2,1H3. The fraction of sp³-hybridized carbons (Fsp3) is 0.286. The molecule has 64 valence electrons. The van der Waals surface area contributed by atoms with Crippen LogP contribution in [-0.2, 0) is 16.0 Å². The van der Waals surface area contributed by atoms with Crippen LogP contribution in [0.15, 0.2) is 12.3 Å². The monoisotopic (exact) mass is 170 g/mol. The van der Waals surface area contributed by atoms with Gasteiger partial charge in [0.25, 0.3) is 0 Å². The second kappa shape index (κ2) is 3.75. The molecule has 0 amide bonds. The second-order valence-electron chi connectivity index (χ2n) is 2.05. The number of halogens is 1. The minimum Gasteiger partial charge on any atom is -0.469 e. The molecule has 0 aromatic carbocycles. The van der Waals surface area contributed by atoms with Crippen molar-refractivity contribution in [1.29, 1.82) is 0 Å². The third kappa shape index (κ3) is 2.26. The van der Waals surface area contributed by atoms with Crippen molar-refractivity contribution in [2.75, 3.05) is 7.11 Å². The Bertz CT molecular complexity index is 290. The Morgan fingerprint density at radius 3 is 3.08 bits per heavy atom. The molecule has 1 aromatic heterocycles. The van der Waals surface area contributed by atoms with Gasteiger partial charge in [-0.1, -0.05) is 0 Å². The number of nitrogens with zero attached hydrogens (tertiary/aromatic N) is 2. The lowest BCUT2D eigenvalue weighted by Gasteiger charge is -1.96. The third-order valence-electron chi connectivity index (χ3n) is 1.20. The van der Waals surface area contributed by atoms with Gasteiger partial charge in [-0.2, -0.15) is 4.39 Å².